The van der Waals surface area contributed by atoms with Gasteiger partial charge in [-0.15, -0.1) is 12.4 Å². The molecule has 0 atom stereocenters. The van der Waals surface area contributed by atoms with E-state index in [-0.39, 0.29) is 12.4 Å². The van der Waals surface area contributed by atoms with Gasteiger partial charge < -0.3 is 5.73 Å². The van der Waals surface area contributed by atoms with Crippen LogP contribution in [0.1, 0.15) is 124 Å². The first-order chi connectivity index (χ1) is 10.6. The number of rotatable bonds is 16. The molecular formula is C21H46ClN. The van der Waals surface area contributed by atoms with Crippen LogP contribution in [0.2, 0.25) is 0 Å². The van der Waals surface area contributed by atoms with Gasteiger partial charge in [-0.05, 0) is 24.8 Å². The second-order valence-corrected chi connectivity index (χ2v) is 8.40. The van der Waals surface area contributed by atoms with Crippen molar-refractivity contribution in [1.29, 1.82) is 0 Å². The standard InChI is InChI=1S/C21H45N.ClH/c1-21(2,3)19-17-15-13-11-9-7-5-4-6-8-10-12-14-16-18-20-22;/h4-20,22H2,1-3H3;1H. The third kappa shape index (κ3) is 24.6. The summed E-state index contributed by atoms with van der Waals surface area (Å²) in [6.07, 6.45) is 22.8. The van der Waals surface area contributed by atoms with E-state index in [1.807, 2.05) is 0 Å². The number of nitrogens with two attached hydrogens (primary N) is 1. The van der Waals surface area contributed by atoms with Gasteiger partial charge in [0.05, 0.1) is 0 Å². The monoisotopic (exact) mass is 347 g/mol. The van der Waals surface area contributed by atoms with Crippen LogP contribution in [0.3, 0.4) is 0 Å². The number of hydrogen-bond acceptors (Lipinski definition) is 1. The number of halogens is 1. The molecule has 0 bridgehead atoms. The second kappa shape index (κ2) is 18.6. The molecule has 0 spiro atoms. The third-order valence-electron chi connectivity index (χ3n) is 4.63. The Labute approximate surface area is 154 Å². The van der Waals surface area contributed by atoms with Gasteiger partial charge in [0.1, 0.15) is 0 Å². The molecule has 0 aliphatic rings. The Morgan fingerprint density at radius 2 is 0.739 bits per heavy atom. The summed E-state index contributed by atoms with van der Waals surface area (Å²) < 4.78 is 0. The highest BCUT2D eigenvalue weighted by atomic mass is 35.5. The van der Waals surface area contributed by atoms with Gasteiger partial charge >= 0.3 is 0 Å². The van der Waals surface area contributed by atoms with E-state index in [4.69, 9.17) is 5.73 Å². The molecule has 0 fully saturated rings. The molecule has 1 nitrogen and oxygen atoms in total. The number of hydrogen-bond donors (Lipinski definition) is 1. The molecule has 23 heavy (non-hydrogen) atoms. The van der Waals surface area contributed by atoms with E-state index >= 15 is 0 Å². The normalized spacial score (nSPS) is 11.5. The van der Waals surface area contributed by atoms with Gasteiger partial charge in [0.2, 0.25) is 0 Å². The Balaban J connectivity index is 0. The van der Waals surface area contributed by atoms with E-state index in [0.29, 0.717) is 5.41 Å². The SMILES string of the molecule is CC(C)(C)CCCCCCCCCCCCCCCCCN.Cl. The van der Waals surface area contributed by atoms with Crippen LogP contribution >= 0.6 is 12.4 Å². The second-order valence-electron chi connectivity index (χ2n) is 8.40. The summed E-state index contributed by atoms with van der Waals surface area (Å²) in [4.78, 5) is 0. The smallest absolute Gasteiger partial charge is 0.00773 e. The number of unbranched alkanes of at least 4 members (excludes halogenated alkanes) is 14. The molecule has 0 aromatic heterocycles. The fourth-order valence-corrected chi connectivity index (χ4v) is 3.10. The Bertz CT molecular complexity index is 210. The predicted molar refractivity (Wildman–Crippen MR) is 110 cm³/mol. The van der Waals surface area contributed by atoms with Gasteiger partial charge in [0.25, 0.3) is 0 Å². The molecule has 142 valence electrons. The average Bonchev–Trinajstić information content (AvgIpc) is 2.45. The quantitative estimate of drug-likeness (QED) is 0.285. The Morgan fingerprint density at radius 1 is 0.478 bits per heavy atom. The molecule has 0 amide bonds. The van der Waals surface area contributed by atoms with Crippen LogP contribution in [-0.2, 0) is 0 Å². The molecule has 0 rings (SSSR count). The summed E-state index contributed by atoms with van der Waals surface area (Å²) >= 11 is 0. The lowest BCUT2D eigenvalue weighted by Crippen LogP contribution is -2.03. The molecule has 0 aliphatic heterocycles. The van der Waals surface area contributed by atoms with Crippen molar-refractivity contribution in [2.24, 2.45) is 11.1 Å². The fraction of sp³-hybridized carbons (Fsp3) is 1.00. The third-order valence-corrected chi connectivity index (χ3v) is 4.63. The van der Waals surface area contributed by atoms with Crippen LogP contribution in [0.15, 0.2) is 0 Å². The molecule has 2 N–H and O–H groups in total. The zero-order valence-electron chi connectivity index (χ0n) is 16.5. The summed E-state index contributed by atoms with van der Waals surface area (Å²) in [5.41, 5.74) is 6.03. The van der Waals surface area contributed by atoms with Crippen molar-refractivity contribution in [1.82, 2.24) is 0 Å². The Kier molecular flexibility index (Phi) is 20.6. The summed E-state index contributed by atoms with van der Waals surface area (Å²) in [5.74, 6) is 0. The lowest BCUT2D eigenvalue weighted by Gasteiger charge is -2.17. The van der Waals surface area contributed by atoms with Gasteiger partial charge in [-0.25, -0.2) is 0 Å². The largest absolute Gasteiger partial charge is 0.330 e. The molecule has 0 saturated heterocycles. The molecular weight excluding hydrogens is 302 g/mol. The topological polar surface area (TPSA) is 26.0 Å². The van der Waals surface area contributed by atoms with Crippen molar-refractivity contribution in [2.45, 2.75) is 124 Å². The van der Waals surface area contributed by atoms with Crippen LogP contribution in [0.25, 0.3) is 0 Å². The van der Waals surface area contributed by atoms with Gasteiger partial charge in [-0.3, -0.25) is 0 Å². The molecule has 2 heteroatoms. The van der Waals surface area contributed by atoms with E-state index in [9.17, 15) is 0 Å². The minimum atomic E-state index is 0. The van der Waals surface area contributed by atoms with Crippen molar-refractivity contribution < 1.29 is 0 Å². The predicted octanol–water partition coefficient (Wildman–Crippen LogP) is 7.65. The van der Waals surface area contributed by atoms with Crippen LogP contribution in [0.5, 0.6) is 0 Å². The molecule has 0 unspecified atom stereocenters. The first-order valence-corrected chi connectivity index (χ1v) is 10.3. The summed E-state index contributed by atoms with van der Waals surface area (Å²) in [5, 5.41) is 0. The first-order valence-electron chi connectivity index (χ1n) is 10.3. The van der Waals surface area contributed by atoms with Crippen LogP contribution in [0.4, 0.5) is 0 Å². The maximum atomic E-state index is 5.50. The Morgan fingerprint density at radius 3 is 1.00 bits per heavy atom. The highest BCUT2D eigenvalue weighted by Gasteiger charge is 2.08. The zero-order chi connectivity index (χ0) is 16.5. The lowest BCUT2D eigenvalue weighted by molar-refractivity contribution is 0.356. The molecule has 0 aliphatic carbocycles. The van der Waals surface area contributed by atoms with E-state index in [1.165, 1.54) is 103 Å². The van der Waals surface area contributed by atoms with Crippen molar-refractivity contribution in [3.8, 4) is 0 Å². The van der Waals surface area contributed by atoms with E-state index < -0.39 is 0 Å². The van der Waals surface area contributed by atoms with Crippen molar-refractivity contribution in [3.05, 3.63) is 0 Å². The molecule has 0 aromatic rings. The van der Waals surface area contributed by atoms with Crippen LogP contribution in [0, 0.1) is 5.41 Å². The first kappa shape index (κ1) is 25.5. The van der Waals surface area contributed by atoms with Crippen molar-refractivity contribution in [3.63, 3.8) is 0 Å². The minimum Gasteiger partial charge on any atom is -0.330 e. The van der Waals surface area contributed by atoms with Crippen molar-refractivity contribution >= 4 is 12.4 Å². The average molecular weight is 348 g/mol. The molecule has 0 saturated carbocycles. The Hall–Kier alpha value is 0.250. The fourth-order valence-electron chi connectivity index (χ4n) is 3.10. The van der Waals surface area contributed by atoms with Gasteiger partial charge in [0, 0.05) is 0 Å². The maximum absolute atomic E-state index is 5.50. The van der Waals surface area contributed by atoms with Crippen molar-refractivity contribution in [2.75, 3.05) is 6.54 Å². The minimum absolute atomic E-state index is 0. The maximum Gasteiger partial charge on any atom is -0.00773 e. The highest BCUT2D eigenvalue weighted by Crippen LogP contribution is 2.22. The van der Waals surface area contributed by atoms with Crippen LogP contribution < -0.4 is 5.73 Å². The molecule has 0 heterocycles. The van der Waals surface area contributed by atoms with Crippen LogP contribution in [-0.4, -0.2) is 6.54 Å². The lowest BCUT2D eigenvalue weighted by atomic mass is 9.89. The van der Waals surface area contributed by atoms with Gasteiger partial charge in [-0.2, -0.15) is 0 Å². The van der Waals surface area contributed by atoms with Gasteiger partial charge in [0.15, 0.2) is 0 Å². The van der Waals surface area contributed by atoms with E-state index in [1.54, 1.807) is 0 Å². The van der Waals surface area contributed by atoms with E-state index in [2.05, 4.69) is 20.8 Å². The summed E-state index contributed by atoms with van der Waals surface area (Å²) in [6.45, 7) is 7.93. The summed E-state index contributed by atoms with van der Waals surface area (Å²) in [7, 11) is 0. The summed E-state index contributed by atoms with van der Waals surface area (Å²) in [6, 6.07) is 0. The van der Waals surface area contributed by atoms with E-state index in [0.717, 1.165) is 6.54 Å². The molecule has 0 aromatic carbocycles. The molecule has 0 radical (unpaired) electrons. The van der Waals surface area contributed by atoms with Gasteiger partial charge in [-0.1, -0.05) is 111 Å². The highest BCUT2D eigenvalue weighted by molar-refractivity contribution is 5.85. The zero-order valence-corrected chi connectivity index (χ0v) is 17.3.